The van der Waals surface area contributed by atoms with Gasteiger partial charge in [0.15, 0.2) is 11.5 Å². The number of rotatable bonds is 10. The van der Waals surface area contributed by atoms with E-state index in [0.717, 1.165) is 36.4 Å². The molecule has 0 unspecified atom stereocenters. The van der Waals surface area contributed by atoms with Crippen molar-refractivity contribution in [2.75, 3.05) is 13.2 Å². The molecule has 0 atom stereocenters. The summed E-state index contributed by atoms with van der Waals surface area (Å²) in [5.74, 6) is 1.42. The molecule has 1 aromatic heterocycles. The topological polar surface area (TPSA) is 46.3 Å². The van der Waals surface area contributed by atoms with E-state index in [-0.39, 0.29) is 0 Å². The zero-order chi connectivity index (χ0) is 22.3. The van der Waals surface area contributed by atoms with Crippen LogP contribution in [0.15, 0.2) is 66.9 Å². The molecule has 32 heavy (non-hydrogen) atoms. The first-order valence-corrected chi connectivity index (χ1v) is 11.5. The molecule has 166 valence electrons. The second-order valence-electron chi connectivity index (χ2n) is 7.52. The minimum absolute atomic E-state index is 0.346. The molecule has 0 saturated heterocycles. The maximum absolute atomic E-state index is 6.26. The van der Waals surface area contributed by atoms with Crippen LogP contribution in [0, 0.1) is 0 Å². The quantitative estimate of drug-likeness (QED) is 0.252. The van der Waals surface area contributed by atoms with Gasteiger partial charge in [0.1, 0.15) is 6.61 Å². The van der Waals surface area contributed by atoms with Crippen LogP contribution in [-0.2, 0) is 19.6 Å². The summed E-state index contributed by atoms with van der Waals surface area (Å²) < 4.78 is 11.8. The maximum Gasteiger partial charge on any atom is 0.161 e. The molecule has 0 aliphatic rings. The van der Waals surface area contributed by atoms with Crippen molar-refractivity contribution >= 4 is 34.1 Å². The van der Waals surface area contributed by atoms with E-state index in [1.54, 1.807) is 12.1 Å². The third-order valence-electron chi connectivity index (χ3n) is 5.28. The highest BCUT2D eigenvalue weighted by atomic mass is 35.5. The molecular weight excluding hydrogens is 443 g/mol. The molecule has 0 amide bonds. The summed E-state index contributed by atoms with van der Waals surface area (Å²) in [5, 5.41) is 6.01. The third kappa shape index (κ3) is 5.57. The SMILES string of the molecule is CCOc1cc(CNCCc2c[nH]c3ccccc23)ccc1OCc1ccc(Cl)cc1Cl. The van der Waals surface area contributed by atoms with E-state index < -0.39 is 0 Å². The predicted molar refractivity (Wildman–Crippen MR) is 132 cm³/mol. The van der Waals surface area contributed by atoms with E-state index in [1.165, 1.54) is 16.5 Å². The van der Waals surface area contributed by atoms with Crippen LogP contribution in [0.4, 0.5) is 0 Å². The standard InChI is InChI=1S/C26H26Cl2N2O2/c1-2-31-26-13-18(7-10-25(26)32-17-20-8-9-21(27)14-23(20)28)15-29-12-11-19-16-30-24-6-4-3-5-22(19)24/h3-10,13-14,16,29-30H,2,11-12,15,17H2,1H3. The average Bonchev–Trinajstić information content (AvgIpc) is 3.20. The number of ether oxygens (including phenoxy) is 2. The van der Waals surface area contributed by atoms with Gasteiger partial charge in [-0.1, -0.05) is 53.5 Å². The van der Waals surface area contributed by atoms with Crippen LogP contribution >= 0.6 is 23.2 Å². The summed E-state index contributed by atoms with van der Waals surface area (Å²) in [5.41, 5.74) is 4.53. The molecule has 0 fully saturated rings. The highest BCUT2D eigenvalue weighted by molar-refractivity contribution is 6.35. The first kappa shape index (κ1) is 22.5. The largest absolute Gasteiger partial charge is 0.490 e. The Balaban J connectivity index is 1.34. The first-order chi connectivity index (χ1) is 15.6. The maximum atomic E-state index is 6.26. The van der Waals surface area contributed by atoms with E-state index >= 15 is 0 Å². The Bertz CT molecular complexity index is 1190. The lowest BCUT2D eigenvalue weighted by atomic mass is 10.1. The number of nitrogens with one attached hydrogen (secondary N) is 2. The molecule has 0 aliphatic carbocycles. The molecule has 4 nitrogen and oxygen atoms in total. The van der Waals surface area contributed by atoms with Crippen molar-refractivity contribution in [1.82, 2.24) is 10.3 Å². The number of para-hydroxylation sites is 1. The number of H-pyrrole nitrogens is 1. The van der Waals surface area contributed by atoms with Crippen molar-refractivity contribution in [1.29, 1.82) is 0 Å². The highest BCUT2D eigenvalue weighted by Crippen LogP contribution is 2.30. The van der Waals surface area contributed by atoms with Gasteiger partial charge in [-0.2, -0.15) is 0 Å². The zero-order valence-electron chi connectivity index (χ0n) is 18.0. The van der Waals surface area contributed by atoms with Crippen molar-refractivity contribution < 1.29 is 9.47 Å². The minimum atomic E-state index is 0.346. The molecule has 0 radical (unpaired) electrons. The second-order valence-corrected chi connectivity index (χ2v) is 8.37. The minimum Gasteiger partial charge on any atom is -0.490 e. The van der Waals surface area contributed by atoms with E-state index in [4.69, 9.17) is 32.7 Å². The first-order valence-electron chi connectivity index (χ1n) is 10.7. The Kier molecular flexibility index (Phi) is 7.59. The molecule has 0 saturated carbocycles. The second kappa shape index (κ2) is 10.8. The summed E-state index contributed by atoms with van der Waals surface area (Å²) in [6.07, 6.45) is 3.06. The lowest BCUT2D eigenvalue weighted by Crippen LogP contribution is -2.16. The van der Waals surface area contributed by atoms with Gasteiger partial charge in [0.2, 0.25) is 0 Å². The van der Waals surface area contributed by atoms with Crippen molar-refractivity contribution in [3.63, 3.8) is 0 Å². The highest BCUT2D eigenvalue weighted by Gasteiger charge is 2.09. The van der Waals surface area contributed by atoms with Crippen molar-refractivity contribution in [2.45, 2.75) is 26.5 Å². The van der Waals surface area contributed by atoms with Crippen molar-refractivity contribution in [3.8, 4) is 11.5 Å². The summed E-state index contributed by atoms with van der Waals surface area (Å²) in [7, 11) is 0. The Morgan fingerprint density at radius 2 is 1.78 bits per heavy atom. The zero-order valence-corrected chi connectivity index (χ0v) is 19.5. The van der Waals surface area contributed by atoms with Crippen molar-refractivity contribution in [2.24, 2.45) is 0 Å². The van der Waals surface area contributed by atoms with Gasteiger partial charge in [0, 0.05) is 39.3 Å². The molecule has 1 heterocycles. The normalized spacial score (nSPS) is 11.1. The van der Waals surface area contributed by atoms with Gasteiger partial charge < -0.3 is 19.8 Å². The fraction of sp³-hybridized carbons (Fsp3) is 0.231. The fourth-order valence-corrected chi connectivity index (χ4v) is 4.10. The summed E-state index contributed by atoms with van der Waals surface area (Å²) in [6.45, 7) is 4.52. The summed E-state index contributed by atoms with van der Waals surface area (Å²) in [6, 6.07) is 19.8. The van der Waals surface area contributed by atoms with Crippen LogP contribution in [0.2, 0.25) is 10.0 Å². The van der Waals surface area contributed by atoms with Gasteiger partial charge in [-0.15, -0.1) is 0 Å². The smallest absolute Gasteiger partial charge is 0.161 e. The van der Waals surface area contributed by atoms with Crippen LogP contribution in [0.5, 0.6) is 11.5 Å². The van der Waals surface area contributed by atoms with E-state index in [2.05, 4.69) is 40.8 Å². The predicted octanol–water partition coefficient (Wildman–Crippen LogP) is 6.78. The summed E-state index contributed by atoms with van der Waals surface area (Å²) in [4.78, 5) is 3.33. The molecule has 2 N–H and O–H groups in total. The third-order valence-corrected chi connectivity index (χ3v) is 5.87. The monoisotopic (exact) mass is 468 g/mol. The number of aromatic amines is 1. The molecule has 4 rings (SSSR count). The van der Waals surface area contributed by atoms with E-state index in [9.17, 15) is 0 Å². The van der Waals surface area contributed by atoms with E-state index in [1.807, 2.05) is 31.2 Å². The lowest BCUT2D eigenvalue weighted by Gasteiger charge is -2.14. The van der Waals surface area contributed by atoms with Crippen LogP contribution in [0.25, 0.3) is 10.9 Å². The number of hydrogen-bond acceptors (Lipinski definition) is 3. The van der Waals surface area contributed by atoms with Gasteiger partial charge in [-0.25, -0.2) is 0 Å². The Morgan fingerprint density at radius 1 is 0.906 bits per heavy atom. The Morgan fingerprint density at radius 3 is 2.62 bits per heavy atom. The van der Waals surface area contributed by atoms with Crippen LogP contribution in [-0.4, -0.2) is 18.1 Å². The molecule has 0 spiro atoms. The number of hydrogen-bond donors (Lipinski definition) is 2. The van der Waals surface area contributed by atoms with E-state index in [0.29, 0.717) is 29.0 Å². The van der Waals surface area contributed by atoms with Gasteiger partial charge in [0.05, 0.1) is 6.61 Å². The van der Waals surface area contributed by atoms with Gasteiger partial charge >= 0.3 is 0 Å². The number of benzene rings is 3. The molecule has 3 aromatic carbocycles. The molecule has 0 bridgehead atoms. The Hall–Kier alpha value is -2.66. The van der Waals surface area contributed by atoms with Gasteiger partial charge in [-0.05, 0) is 61.3 Å². The van der Waals surface area contributed by atoms with Crippen LogP contribution in [0.3, 0.4) is 0 Å². The molecule has 4 aromatic rings. The fourth-order valence-electron chi connectivity index (χ4n) is 3.64. The van der Waals surface area contributed by atoms with Crippen molar-refractivity contribution in [3.05, 3.63) is 93.6 Å². The summed E-state index contributed by atoms with van der Waals surface area (Å²) >= 11 is 12.2. The lowest BCUT2D eigenvalue weighted by molar-refractivity contribution is 0.269. The number of halogens is 2. The number of fused-ring (bicyclic) bond motifs is 1. The molecule has 0 aliphatic heterocycles. The number of aromatic nitrogens is 1. The van der Waals surface area contributed by atoms with Gasteiger partial charge in [-0.3, -0.25) is 0 Å². The van der Waals surface area contributed by atoms with Crippen LogP contribution in [0.1, 0.15) is 23.6 Å². The van der Waals surface area contributed by atoms with Crippen LogP contribution < -0.4 is 14.8 Å². The van der Waals surface area contributed by atoms with Gasteiger partial charge in [0.25, 0.3) is 0 Å². The molecular formula is C26H26Cl2N2O2. The average molecular weight is 469 g/mol. The Labute approximate surface area is 198 Å². The molecule has 6 heteroatoms.